The number of ether oxygens (including phenoxy) is 2. The number of amides is 4. The van der Waals surface area contributed by atoms with Gasteiger partial charge < -0.3 is 40.7 Å². The molecule has 0 bridgehead atoms. The third-order valence-corrected chi connectivity index (χ3v) is 11.7. The molecule has 0 saturated carbocycles. The Morgan fingerprint density at radius 3 is 2.16 bits per heavy atom. The lowest BCUT2D eigenvalue weighted by Gasteiger charge is -2.39. The second-order valence-corrected chi connectivity index (χ2v) is 16.1. The van der Waals surface area contributed by atoms with Gasteiger partial charge in [0.2, 0.25) is 23.6 Å². The van der Waals surface area contributed by atoms with Gasteiger partial charge in [0.15, 0.2) is 0 Å². The molecule has 1 heterocycles. The van der Waals surface area contributed by atoms with Crippen LogP contribution in [0, 0.1) is 17.8 Å². The zero-order valence-corrected chi connectivity index (χ0v) is 36.0. The molecule has 1 fully saturated rings. The van der Waals surface area contributed by atoms with E-state index in [2.05, 4.69) is 10.6 Å². The summed E-state index contributed by atoms with van der Waals surface area (Å²) in [5.74, 6) is -3.16. The first-order valence-electron chi connectivity index (χ1n) is 20.5. The van der Waals surface area contributed by atoms with E-state index in [0.29, 0.717) is 38.0 Å². The van der Waals surface area contributed by atoms with E-state index < -0.39 is 54.2 Å². The quantitative estimate of drug-likeness (QED) is 0.121. The van der Waals surface area contributed by atoms with Gasteiger partial charge >= 0.3 is 5.97 Å². The average Bonchev–Trinajstić information content (AvgIpc) is 3.69. The van der Waals surface area contributed by atoms with Crippen LogP contribution in [-0.4, -0.2) is 134 Å². The summed E-state index contributed by atoms with van der Waals surface area (Å²) in [6, 6.07) is 14.3. The number of carboxylic acid groups (broad SMARTS) is 1. The molecule has 0 aliphatic carbocycles. The third-order valence-electron chi connectivity index (χ3n) is 11.7. The maximum absolute atomic E-state index is 14.1. The molecule has 322 valence electrons. The molecule has 5 N–H and O–H groups in total. The van der Waals surface area contributed by atoms with Crippen molar-refractivity contribution in [2.45, 2.75) is 110 Å². The van der Waals surface area contributed by atoms with E-state index >= 15 is 0 Å². The predicted molar refractivity (Wildman–Crippen MR) is 225 cm³/mol. The minimum Gasteiger partial charge on any atom is -0.480 e. The molecule has 14 nitrogen and oxygen atoms in total. The highest BCUT2D eigenvalue weighted by molar-refractivity contribution is 5.88. The van der Waals surface area contributed by atoms with Gasteiger partial charge in [-0.1, -0.05) is 83.5 Å². The van der Waals surface area contributed by atoms with E-state index in [1.165, 1.54) is 14.2 Å². The molecule has 1 aliphatic heterocycles. The molecule has 1 aliphatic rings. The fourth-order valence-corrected chi connectivity index (χ4v) is 8.21. The van der Waals surface area contributed by atoms with Crippen LogP contribution < -0.4 is 16.4 Å². The number of nitrogens with zero attached hydrogens (tertiary/aromatic N) is 3. The lowest BCUT2D eigenvalue weighted by atomic mass is 9.90. The number of methoxy groups -OCH3 is 2. The number of aliphatic carboxylic acids is 1. The minimum absolute atomic E-state index is 0.00761. The highest BCUT2D eigenvalue weighted by Gasteiger charge is 2.42. The minimum atomic E-state index is -1.14. The summed E-state index contributed by atoms with van der Waals surface area (Å²) in [5, 5.41) is 15.4. The molecule has 2 aromatic rings. The van der Waals surface area contributed by atoms with E-state index in [4.69, 9.17) is 15.2 Å². The van der Waals surface area contributed by atoms with E-state index in [-0.39, 0.29) is 48.9 Å². The van der Waals surface area contributed by atoms with Crippen molar-refractivity contribution < 1.29 is 38.6 Å². The maximum atomic E-state index is 14.1. The Hall–Kier alpha value is -4.53. The molecule has 1 saturated heterocycles. The SMILES string of the molecule is CC[C@H](C)C([C@@H](CC(=O)N1CCC[C@H]1[C@H](OC)[C@@H](C)C(=O)N[C@@H](Cc1ccccc1)C(=O)O)OC)N(C)C(=O)CNC(=O)C(C(C)C)N(C)CCc1ccc(N)cc1. The average molecular weight is 809 g/mol. The smallest absolute Gasteiger partial charge is 0.326 e. The molecular weight excluding hydrogens is 741 g/mol. The number of carbonyl (C=O) groups is 5. The second kappa shape index (κ2) is 23.2. The summed E-state index contributed by atoms with van der Waals surface area (Å²) >= 11 is 0. The van der Waals surface area contributed by atoms with Crippen molar-refractivity contribution in [2.75, 3.05) is 53.7 Å². The predicted octanol–water partition coefficient (Wildman–Crippen LogP) is 3.62. The lowest BCUT2D eigenvalue weighted by Crippen LogP contribution is -2.55. The van der Waals surface area contributed by atoms with Crippen LogP contribution in [0.4, 0.5) is 5.69 Å². The number of nitrogen functional groups attached to an aromatic ring is 1. The normalized spacial score (nSPS) is 17.8. The molecule has 2 aromatic carbocycles. The van der Waals surface area contributed by atoms with Gasteiger partial charge in [0, 0.05) is 46.5 Å². The Morgan fingerprint density at radius 2 is 1.59 bits per heavy atom. The zero-order valence-electron chi connectivity index (χ0n) is 36.0. The van der Waals surface area contributed by atoms with E-state index in [1.54, 1.807) is 23.8 Å². The lowest BCUT2D eigenvalue weighted by molar-refractivity contribution is -0.147. The van der Waals surface area contributed by atoms with Crippen molar-refractivity contribution in [3.05, 3.63) is 65.7 Å². The summed E-state index contributed by atoms with van der Waals surface area (Å²) in [4.78, 5) is 72.3. The van der Waals surface area contributed by atoms with E-state index in [9.17, 15) is 29.1 Å². The second-order valence-electron chi connectivity index (χ2n) is 16.1. The van der Waals surface area contributed by atoms with Gasteiger partial charge in [0.05, 0.1) is 49.2 Å². The number of carboxylic acids is 1. The van der Waals surface area contributed by atoms with Crippen LogP contribution in [0.25, 0.3) is 0 Å². The number of anilines is 1. The number of carbonyl (C=O) groups excluding carboxylic acids is 4. The Labute approximate surface area is 345 Å². The van der Waals surface area contributed by atoms with Crippen LogP contribution in [0.15, 0.2) is 54.6 Å². The molecule has 0 aromatic heterocycles. The number of likely N-dealkylation sites (N-methyl/N-ethyl adjacent to an activating group) is 2. The number of benzene rings is 2. The molecule has 2 unspecified atom stereocenters. The fraction of sp³-hybridized carbons (Fsp3) is 0.614. The topological polar surface area (TPSA) is 184 Å². The van der Waals surface area contributed by atoms with Crippen LogP contribution in [0.3, 0.4) is 0 Å². The number of hydrogen-bond acceptors (Lipinski definition) is 9. The Kier molecular flexibility index (Phi) is 19.1. The molecule has 0 radical (unpaired) electrons. The van der Waals surface area contributed by atoms with Crippen molar-refractivity contribution in [3.63, 3.8) is 0 Å². The summed E-state index contributed by atoms with van der Waals surface area (Å²) in [6.07, 6.45) is 1.51. The zero-order chi connectivity index (χ0) is 43.1. The monoisotopic (exact) mass is 809 g/mol. The standard InChI is InChI=1S/C44H68N6O8/c1-10-29(4)40(49(7)38(52)27-46-43(54)39(28(2)3)48(6)24-22-31-18-20-33(45)21-19-31)36(57-8)26-37(51)50-23-14-17-35(50)41(58-9)30(5)42(53)47-34(44(55)56)25-32-15-12-11-13-16-32/h11-13,15-16,18-21,28-30,34-36,39-41H,10,14,17,22-27,45H2,1-9H3,(H,46,54)(H,47,53)(H,55,56)/t29-,30+,34-,35-,36+,39?,40?,41+/m0/s1. The van der Waals surface area contributed by atoms with Gasteiger partial charge in [-0.25, -0.2) is 4.79 Å². The van der Waals surface area contributed by atoms with Gasteiger partial charge in [-0.2, -0.15) is 0 Å². The molecule has 14 heteroatoms. The molecule has 58 heavy (non-hydrogen) atoms. The highest BCUT2D eigenvalue weighted by atomic mass is 16.5. The van der Waals surface area contributed by atoms with Gasteiger partial charge in [0.25, 0.3) is 0 Å². The van der Waals surface area contributed by atoms with Crippen molar-refractivity contribution >= 4 is 35.3 Å². The van der Waals surface area contributed by atoms with Crippen LogP contribution in [-0.2, 0) is 46.3 Å². The molecule has 8 atom stereocenters. The van der Waals surface area contributed by atoms with Crippen LogP contribution >= 0.6 is 0 Å². The number of rotatable bonds is 23. The largest absolute Gasteiger partial charge is 0.480 e. The first-order valence-corrected chi connectivity index (χ1v) is 20.5. The number of nitrogens with one attached hydrogen (secondary N) is 2. The van der Waals surface area contributed by atoms with E-state index in [0.717, 1.165) is 17.5 Å². The van der Waals surface area contributed by atoms with Gasteiger partial charge in [-0.05, 0) is 61.4 Å². The molecule has 3 rings (SSSR count). The number of hydrogen-bond donors (Lipinski definition) is 4. The summed E-state index contributed by atoms with van der Waals surface area (Å²) in [7, 11) is 6.61. The maximum Gasteiger partial charge on any atom is 0.326 e. The first-order chi connectivity index (χ1) is 27.5. The fourth-order valence-electron chi connectivity index (χ4n) is 8.21. The van der Waals surface area contributed by atoms with Crippen molar-refractivity contribution in [1.29, 1.82) is 0 Å². The number of likely N-dealkylation sites (tertiary alicyclic amines) is 1. The summed E-state index contributed by atoms with van der Waals surface area (Å²) in [5.41, 5.74) is 8.42. The van der Waals surface area contributed by atoms with Gasteiger partial charge in [0.1, 0.15) is 6.04 Å². The van der Waals surface area contributed by atoms with Crippen LogP contribution in [0.2, 0.25) is 0 Å². The highest BCUT2D eigenvalue weighted by Crippen LogP contribution is 2.29. The Bertz CT molecular complexity index is 1630. The van der Waals surface area contributed by atoms with Gasteiger partial charge in [-0.15, -0.1) is 0 Å². The third kappa shape index (κ3) is 13.3. The van der Waals surface area contributed by atoms with Crippen LogP contribution in [0.5, 0.6) is 0 Å². The van der Waals surface area contributed by atoms with Gasteiger partial charge in [-0.3, -0.25) is 24.1 Å². The Morgan fingerprint density at radius 1 is 0.931 bits per heavy atom. The first kappa shape index (κ1) is 47.8. The molecule has 0 spiro atoms. The van der Waals surface area contributed by atoms with Crippen molar-refractivity contribution in [1.82, 2.24) is 25.3 Å². The number of nitrogens with two attached hydrogens (primary N) is 1. The van der Waals surface area contributed by atoms with Crippen LogP contribution in [0.1, 0.15) is 71.4 Å². The Balaban J connectivity index is 1.67. The summed E-state index contributed by atoms with van der Waals surface area (Å²) < 4.78 is 11.8. The summed E-state index contributed by atoms with van der Waals surface area (Å²) in [6.45, 7) is 10.6. The van der Waals surface area contributed by atoms with E-state index in [1.807, 2.05) is 94.2 Å². The van der Waals surface area contributed by atoms with Crippen molar-refractivity contribution in [3.8, 4) is 0 Å². The molecular formula is C44H68N6O8. The molecule has 4 amide bonds. The van der Waals surface area contributed by atoms with Crippen molar-refractivity contribution in [2.24, 2.45) is 17.8 Å².